The molecule has 0 saturated carbocycles. The average Bonchev–Trinajstić information content (AvgIpc) is 2.88. The maximum Gasteiger partial charge on any atom is 0.349 e. The van der Waals surface area contributed by atoms with Gasteiger partial charge in [0.2, 0.25) is 5.60 Å². The van der Waals surface area contributed by atoms with Gasteiger partial charge >= 0.3 is 11.9 Å². The summed E-state index contributed by atoms with van der Waals surface area (Å²) in [4.78, 5) is 29.5. The predicted molar refractivity (Wildman–Crippen MR) is 97.8 cm³/mol. The van der Waals surface area contributed by atoms with Gasteiger partial charge in [0, 0.05) is 15.5 Å². The van der Waals surface area contributed by atoms with Crippen LogP contribution in [0, 0.1) is 6.92 Å². The molecule has 0 N–H and O–H groups in total. The molecule has 0 aliphatic heterocycles. The normalized spacial score (nSPS) is 11.2. The molecule has 25 heavy (non-hydrogen) atoms. The van der Waals surface area contributed by atoms with Crippen LogP contribution in [0.5, 0.6) is 0 Å². The van der Waals surface area contributed by atoms with Gasteiger partial charge in [-0.3, -0.25) is 4.79 Å². The molecule has 0 unspecified atom stereocenters. The number of halogens is 1. The van der Waals surface area contributed by atoms with Crippen molar-refractivity contribution >= 4 is 34.9 Å². The lowest BCUT2D eigenvalue weighted by Crippen LogP contribution is -2.39. The first-order chi connectivity index (χ1) is 11.7. The zero-order valence-electron chi connectivity index (χ0n) is 14.6. The SMILES string of the molecule is CCOC(=O)C(C)(C)OC(=O)Cc1nc(-c2ccc(Cl)cc2)sc1C. The van der Waals surface area contributed by atoms with Crippen molar-refractivity contribution < 1.29 is 19.1 Å². The Hall–Kier alpha value is -1.92. The molecule has 0 bridgehead atoms. The summed E-state index contributed by atoms with van der Waals surface area (Å²) in [6.45, 7) is 6.85. The van der Waals surface area contributed by atoms with Crippen LogP contribution in [0.4, 0.5) is 0 Å². The van der Waals surface area contributed by atoms with Crippen molar-refractivity contribution in [2.75, 3.05) is 6.61 Å². The summed E-state index contributed by atoms with van der Waals surface area (Å²) in [5, 5.41) is 1.46. The summed E-state index contributed by atoms with van der Waals surface area (Å²) in [5.41, 5.74) is 0.249. The van der Waals surface area contributed by atoms with Gasteiger partial charge in [0.25, 0.3) is 0 Å². The topological polar surface area (TPSA) is 65.5 Å². The first kappa shape index (κ1) is 19.4. The third-order valence-corrected chi connectivity index (χ3v) is 4.75. The molecular weight excluding hydrogens is 362 g/mol. The van der Waals surface area contributed by atoms with Gasteiger partial charge < -0.3 is 9.47 Å². The third kappa shape index (κ3) is 5.03. The molecule has 0 fully saturated rings. The van der Waals surface area contributed by atoms with Gasteiger partial charge in [0.15, 0.2) is 0 Å². The molecule has 0 saturated heterocycles. The van der Waals surface area contributed by atoms with E-state index in [4.69, 9.17) is 21.1 Å². The van der Waals surface area contributed by atoms with E-state index in [2.05, 4.69) is 4.98 Å². The first-order valence-electron chi connectivity index (χ1n) is 7.84. The number of carbonyl (C=O) groups excluding carboxylic acids is 2. The van der Waals surface area contributed by atoms with Gasteiger partial charge in [-0.1, -0.05) is 23.7 Å². The number of hydrogen-bond donors (Lipinski definition) is 0. The van der Waals surface area contributed by atoms with E-state index in [-0.39, 0.29) is 13.0 Å². The quantitative estimate of drug-likeness (QED) is 0.701. The molecule has 0 aliphatic rings. The van der Waals surface area contributed by atoms with Gasteiger partial charge in [0.1, 0.15) is 5.01 Å². The maximum atomic E-state index is 12.2. The molecule has 0 atom stereocenters. The van der Waals surface area contributed by atoms with E-state index in [0.717, 1.165) is 15.4 Å². The van der Waals surface area contributed by atoms with Gasteiger partial charge in [-0.2, -0.15) is 0 Å². The van der Waals surface area contributed by atoms with Crippen LogP contribution in [0.15, 0.2) is 24.3 Å². The van der Waals surface area contributed by atoms with E-state index in [1.165, 1.54) is 25.2 Å². The lowest BCUT2D eigenvalue weighted by molar-refractivity contribution is -0.177. The zero-order chi connectivity index (χ0) is 18.6. The largest absolute Gasteiger partial charge is 0.463 e. The van der Waals surface area contributed by atoms with Crippen molar-refractivity contribution in [2.45, 2.75) is 39.7 Å². The van der Waals surface area contributed by atoms with Gasteiger partial charge in [0.05, 0.1) is 18.7 Å². The maximum absolute atomic E-state index is 12.2. The third-order valence-electron chi connectivity index (χ3n) is 3.43. The van der Waals surface area contributed by atoms with Crippen LogP contribution in [0.3, 0.4) is 0 Å². The minimum absolute atomic E-state index is 0.00123. The Kier molecular flexibility index (Phi) is 6.19. The number of hydrogen-bond acceptors (Lipinski definition) is 6. The van der Waals surface area contributed by atoms with E-state index >= 15 is 0 Å². The first-order valence-corrected chi connectivity index (χ1v) is 9.03. The molecule has 1 aromatic carbocycles. The van der Waals surface area contributed by atoms with Crippen LogP contribution in [0.2, 0.25) is 5.02 Å². The number of nitrogens with zero attached hydrogens (tertiary/aromatic N) is 1. The van der Waals surface area contributed by atoms with Crippen molar-refractivity contribution in [1.29, 1.82) is 0 Å². The molecule has 0 aliphatic carbocycles. The second-order valence-electron chi connectivity index (χ2n) is 5.91. The molecule has 2 aromatic rings. The van der Waals surface area contributed by atoms with Crippen LogP contribution in [0.25, 0.3) is 10.6 Å². The molecule has 2 rings (SSSR count). The molecule has 1 heterocycles. The lowest BCUT2D eigenvalue weighted by atomic mass is 10.1. The Labute approximate surface area is 155 Å². The van der Waals surface area contributed by atoms with Crippen LogP contribution in [-0.2, 0) is 25.5 Å². The van der Waals surface area contributed by atoms with E-state index in [0.29, 0.717) is 10.7 Å². The van der Waals surface area contributed by atoms with Crippen molar-refractivity contribution in [1.82, 2.24) is 4.98 Å². The summed E-state index contributed by atoms with van der Waals surface area (Å²) < 4.78 is 10.2. The van der Waals surface area contributed by atoms with Crippen molar-refractivity contribution in [2.24, 2.45) is 0 Å². The fourth-order valence-corrected chi connectivity index (χ4v) is 3.17. The summed E-state index contributed by atoms with van der Waals surface area (Å²) in [6.07, 6.45) is -0.00123. The molecule has 7 heteroatoms. The molecular formula is C18H20ClNO4S. The Morgan fingerprint density at radius 3 is 2.48 bits per heavy atom. The van der Waals surface area contributed by atoms with Crippen LogP contribution in [-0.4, -0.2) is 29.1 Å². The second kappa shape index (κ2) is 7.97. The minimum atomic E-state index is -1.32. The second-order valence-corrected chi connectivity index (χ2v) is 7.55. The number of aromatic nitrogens is 1. The van der Waals surface area contributed by atoms with Crippen LogP contribution in [0.1, 0.15) is 31.3 Å². The molecule has 1 aromatic heterocycles. The Balaban J connectivity index is 2.09. The molecule has 0 amide bonds. The van der Waals surface area contributed by atoms with E-state index < -0.39 is 17.5 Å². The highest BCUT2D eigenvalue weighted by atomic mass is 35.5. The summed E-state index contributed by atoms with van der Waals surface area (Å²) in [5.74, 6) is -1.09. The summed E-state index contributed by atoms with van der Waals surface area (Å²) in [7, 11) is 0. The summed E-state index contributed by atoms with van der Waals surface area (Å²) >= 11 is 7.39. The zero-order valence-corrected chi connectivity index (χ0v) is 16.2. The monoisotopic (exact) mass is 381 g/mol. The fourth-order valence-electron chi connectivity index (χ4n) is 2.11. The van der Waals surface area contributed by atoms with E-state index in [9.17, 15) is 9.59 Å². The Bertz CT molecular complexity index is 768. The van der Waals surface area contributed by atoms with E-state index in [1.807, 2.05) is 19.1 Å². The van der Waals surface area contributed by atoms with Crippen molar-refractivity contribution in [3.63, 3.8) is 0 Å². The molecule has 0 spiro atoms. The number of carbonyl (C=O) groups is 2. The highest BCUT2D eigenvalue weighted by Gasteiger charge is 2.33. The van der Waals surface area contributed by atoms with Crippen molar-refractivity contribution in [3.8, 4) is 10.6 Å². The number of esters is 2. The average molecular weight is 382 g/mol. The molecule has 5 nitrogen and oxygen atoms in total. The number of ether oxygens (including phenoxy) is 2. The van der Waals surface area contributed by atoms with Gasteiger partial charge in [-0.25, -0.2) is 9.78 Å². The van der Waals surface area contributed by atoms with E-state index in [1.54, 1.807) is 19.1 Å². The van der Waals surface area contributed by atoms with Crippen molar-refractivity contribution in [3.05, 3.63) is 39.9 Å². The highest BCUT2D eigenvalue weighted by molar-refractivity contribution is 7.15. The number of thiazole rings is 1. The Morgan fingerprint density at radius 1 is 1.24 bits per heavy atom. The predicted octanol–water partition coefficient (Wildman–Crippen LogP) is 4.20. The lowest BCUT2D eigenvalue weighted by Gasteiger charge is -2.22. The van der Waals surface area contributed by atoms with Crippen LogP contribution >= 0.6 is 22.9 Å². The fraction of sp³-hybridized carbons (Fsp3) is 0.389. The van der Waals surface area contributed by atoms with Crippen LogP contribution < -0.4 is 0 Å². The van der Waals surface area contributed by atoms with Gasteiger partial charge in [-0.15, -0.1) is 11.3 Å². The number of rotatable bonds is 6. The van der Waals surface area contributed by atoms with Gasteiger partial charge in [-0.05, 0) is 39.8 Å². The Morgan fingerprint density at radius 2 is 1.88 bits per heavy atom. The number of aryl methyl sites for hydroxylation is 1. The molecule has 134 valence electrons. The molecule has 0 radical (unpaired) electrons. The standard InChI is InChI=1S/C18H20ClNO4S/c1-5-23-17(22)18(3,4)24-15(21)10-14-11(2)25-16(20-14)12-6-8-13(19)9-7-12/h6-9H,5,10H2,1-4H3. The highest BCUT2D eigenvalue weighted by Crippen LogP contribution is 2.29. The smallest absolute Gasteiger partial charge is 0.349 e. The number of benzene rings is 1. The summed E-state index contributed by atoms with van der Waals surface area (Å²) in [6, 6.07) is 7.35. The minimum Gasteiger partial charge on any atom is -0.463 e.